The summed E-state index contributed by atoms with van der Waals surface area (Å²) in [7, 11) is 0. The lowest BCUT2D eigenvalue weighted by Gasteiger charge is -2.11. The highest BCUT2D eigenvalue weighted by Crippen LogP contribution is 2.25. The van der Waals surface area contributed by atoms with E-state index in [2.05, 4.69) is 33.8 Å². The molecule has 31 heavy (non-hydrogen) atoms. The first-order valence-electron chi connectivity index (χ1n) is 9.97. The predicted octanol–water partition coefficient (Wildman–Crippen LogP) is 6.22. The summed E-state index contributed by atoms with van der Waals surface area (Å²) in [5.41, 5.74) is 3.97. The number of fused-ring (bicyclic) bond motifs is 1. The summed E-state index contributed by atoms with van der Waals surface area (Å²) in [4.78, 5) is 4.51. The number of furan rings is 1. The number of hydrogen-bond donors (Lipinski definition) is 2. The predicted molar refractivity (Wildman–Crippen MR) is 127 cm³/mol. The Morgan fingerprint density at radius 2 is 1.94 bits per heavy atom. The standard InChI is InChI=1S/C24H23ClFN3O.ClH/c25-22-15-19(26)6-5-18(22)13-17-4-7-21-23(8-11-29-24(21)14-17)28-10-2-9-27-16-20-3-1-12-30-20;/h1,3-8,11-12,14-15,27H,2,9-10,13,16H2,(H,28,29);1H. The molecule has 4 nitrogen and oxygen atoms in total. The first-order chi connectivity index (χ1) is 14.7. The molecule has 7 heteroatoms. The van der Waals surface area contributed by atoms with Crippen LogP contribution in [0, 0.1) is 5.82 Å². The molecule has 2 heterocycles. The van der Waals surface area contributed by atoms with Crippen LogP contribution in [0.2, 0.25) is 5.02 Å². The van der Waals surface area contributed by atoms with Crippen LogP contribution in [-0.2, 0) is 13.0 Å². The topological polar surface area (TPSA) is 50.1 Å². The molecule has 0 fully saturated rings. The third-order valence-electron chi connectivity index (χ3n) is 4.94. The second-order valence-corrected chi connectivity index (χ2v) is 7.57. The van der Waals surface area contributed by atoms with E-state index in [1.165, 1.54) is 12.1 Å². The van der Waals surface area contributed by atoms with E-state index in [1.54, 1.807) is 12.3 Å². The van der Waals surface area contributed by atoms with Gasteiger partial charge in [0, 0.05) is 28.8 Å². The summed E-state index contributed by atoms with van der Waals surface area (Å²) in [5.74, 6) is 0.622. The number of hydrogen-bond acceptors (Lipinski definition) is 4. The second kappa shape index (κ2) is 11.1. The van der Waals surface area contributed by atoms with Gasteiger partial charge in [0.25, 0.3) is 0 Å². The summed E-state index contributed by atoms with van der Waals surface area (Å²) in [6, 6.07) is 16.6. The van der Waals surface area contributed by atoms with Crippen molar-refractivity contribution in [2.75, 3.05) is 18.4 Å². The quantitative estimate of drug-likeness (QED) is 0.291. The van der Waals surface area contributed by atoms with Crippen molar-refractivity contribution in [1.29, 1.82) is 0 Å². The van der Waals surface area contributed by atoms with E-state index in [0.29, 0.717) is 11.4 Å². The molecule has 0 amide bonds. The molecule has 2 aromatic heterocycles. The number of pyridine rings is 1. The van der Waals surface area contributed by atoms with Crippen LogP contribution in [-0.4, -0.2) is 18.1 Å². The highest BCUT2D eigenvalue weighted by atomic mass is 35.5. The molecule has 0 spiro atoms. The lowest BCUT2D eigenvalue weighted by atomic mass is 10.0. The Kier molecular flexibility index (Phi) is 8.29. The average Bonchev–Trinajstić information content (AvgIpc) is 3.26. The van der Waals surface area contributed by atoms with Crippen molar-refractivity contribution in [2.24, 2.45) is 0 Å². The number of benzene rings is 2. The molecule has 4 rings (SSSR count). The van der Waals surface area contributed by atoms with Gasteiger partial charge in [-0.1, -0.05) is 29.8 Å². The molecule has 0 saturated heterocycles. The Hall–Kier alpha value is -2.60. The van der Waals surface area contributed by atoms with E-state index >= 15 is 0 Å². The van der Waals surface area contributed by atoms with E-state index in [4.69, 9.17) is 16.0 Å². The monoisotopic (exact) mass is 459 g/mol. The molecular weight excluding hydrogens is 436 g/mol. The molecule has 0 bridgehead atoms. The third-order valence-corrected chi connectivity index (χ3v) is 5.29. The SMILES string of the molecule is Cl.Fc1ccc(Cc2ccc3c(NCCCNCc4ccco4)ccnc3c2)c(Cl)c1. The normalized spacial score (nSPS) is 10.8. The minimum Gasteiger partial charge on any atom is -0.468 e. The van der Waals surface area contributed by atoms with Gasteiger partial charge in [-0.05, 0) is 66.9 Å². The molecular formula is C24H24Cl2FN3O. The average molecular weight is 460 g/mol. The minimum absolute atomic E-state index is 0. The van der Waals surface area contributed by atoms with Crippen LogP contribution in [0.3, 0.4) is 0 Å². The summed E-state index contributed by atoms with van der Waals surface area (Å²) < 4.78 is 18.6. The van der Waals surface area contributed by atoms with Crippen LogP contribution in [0.5, 0.6) is 0 Å². The minimum atomic E-state index is -0.323. The van der Waals surface area contributed by atoms with Gasteiger partial charge in [0.1, 0.15) is 11.6 Å². The first kappa shape index (κ1) is 23.1. The van der Waals surface area contributed by atoms with Crippen LogP contribution in [0.15, 0.2) is 71.5 Å². The van der Waals surface area contributed by atoms with Gasteiger partial charge in [-0.25, -0.2) is 4.39 Å². The van der Waals surface area contributed by atoms with Gasteiger partial charge >= 0.3 is 0 Å². The zero-order chi connectivity index (χ0) is 20.8. The summed E-state index contributed by atoms with van der Waals surface area (Å²) >= 11 is 6.17. The Bertz CT molecular complexity index is 1120. The zero-order valence-electron chi connectivity index (χ0n) is 16.9. The molecule has 0 atom stereocenters. The first-order valence-corrected chi connectivity index (χ1v) is 10.4. The molecule has 0 unspecified atom stereocenters. The van der Waals surface area contributed by atoms with Gasteiger partial charge < -0.3 is 15.1 Å². The fourth-order valence-electron chi connectivity index (χ4n) is 3.40. The van der Waals surface area contributed by atoms with Gasteiger partial charge in [-0.3, -0.25) is 4.98 Å². The van der Waals surface area contributed by atoms with Crippen molar-refractivity contribution >= 4 is 40.6 Å². The number of halogens is 3. The number of anilines is 1. The van der Waals surface area contributed by atoms with Crippen LogP contribution in [0.1, 0.15) is 23.3 Å². The van der Waals surface area contributed by atoms with Crippen molar-refractivity contribution in [1.82, 2.24) is 10.3 Å². The van der Waals surface area contributed by atoms with Crippen LogP contribution in [0.25, 0.3) is 10.9 Å². The van der Waals surface area contributed by atoms with Crippen molar-refractivity contribution < 1.29 is 8.81 Å². The lowest BCUT2D eigenvalue weighted by molar-refractivity contribution is 0.482. The van der Waals surface area contributed by atoms with Gasteiger partial charge in [0.05, 0.1) is 18.3 Å². The van der Waals surface area contributed by atoms with Crippen molar-refractivity contribution in [3.8, 4) is 0 Å². The van der Waals surface area contributed by atoms with Gasteiger partial charge in [-0.2, -0.15) is 0 Å². The number of rotatable bonds is 9. The van der Waals surface area contributed by atoms with E-state index in [0.717, 1.165) is 59.5 Å². The maximum atomic E-state index is 13.3. The zero-order valence-corrected chi connectivity index (χ0v) is 18.5. The van der Waals surface area contributed by atoms with Crippen molar-refractivity contribution in [3.63, 3.8) is 0 Å². The van der Waals surface area contributed by atoms with E-state index < -0.39 is 0 Å². The molecule has 2 aromatic carbocycles. The fraction of sp³-hybridized carbons (Fsp3) is 0.208. The number of aromatic nitrogens is 1. The van der Waals surface area contributed by atoms with E-state index in [9.17, 15) is 4.39 Å². The molecule has 4 aromatic rings. The lowest BCUT2D eigenvalue weighted by Crippen LogP contribution is -2.17. The molecule has 0 aliphatic heterocycles. The van der Waals surface area contributed by atoms with Crippen LogP contribution >= 0.6 is 24.0 Å². The maximum absolute atomic E-state index is 13.3. The van der Waals surface area contributed by atoms with Crippen LogP contribution in [0.4, 0.5) is 10.1 Å². The second-order valence-electron chi connectivity index (χ2n) is 7.16. The Balaban J connectivity index is 0.00000272. The smallest absolute Gasteiger partial charge is 0.124 e. The van der Waals surface area contributed by atoms with E-state index in [-0.39, 0.29) is 18.2 Å². The Morgan fingerprint density at radius 3 is 2.74 bits per heavy atom. The summed E-state index contributed by atoms with van der Waals surface area (Å²) in [6.45, 7) is 2.50. The number of nitrogens with one attached hydrogen (secondary N) is 2. The van der Waals surface area contributed by atoms with Crippen molar-refractivity contribution in [2.45, 2.75) is 19.4 Å². The van der Waals surface area contributed by atoms with Crippen LogP contribution < -0.4 is 10.6 Å². The largest absolute Gasteiger partial charge is 0.468 e. The Morgan fingerprint density at radius 1 is 1.03 bits per heavy atom. The Labute approximate surface area is 192 Å². The molecule has 0 saturated carbocycles. The van der Waals surface area contributed by atoms with Gasteiger partial charge in [0.2, 0.25) is 0 Å². The van der Waals surface area contributed by atoms with Crippen molar-refractivity contribution in [3.05, 3.63) is 94.8 Å². The number of nitrogens with zero attached hydrogens (tertiary/aromatic N) is 1. The summed E-state index contributed by atoms with van der Waals surface area (Å²) in [5, 5.41) is 8.39. The molecule has 0 radical (unpaired) electrons. The van der Waals surface area contributed by atoms with Gasteiger partial charge in [-0.15, -0.1) is 12.4 Å². The van der Waals surface area contributed by atoms with Gasteiger partial charge in [0.15, 0.2) is 0 Å². The molecule has 0 aliphatic carbocycles. The maximum Gasteiger partial charge on any atom is 0.124 e. The molecule has 0 aliphatic rings. The summed E-state index contributed by atoms with van der Waals surface area (Å²) in [6.07, 6.45) is 5.13. The molecule has 2 N–H and O–H groups in total. The third kappa shape index (κ3) is 6.20. The molecule has 162 valence electrons. The highest BCUT2D eigenvalue weighted by Gasteiger charge is 2.07. The van der Waals surface area contributed by atoms with E-state index in [1.807, 2.05) is 24.4 Å². The highest BCUT2D eigenvalue weighted by molar-refractivity contribution is 6.31. The fourth-order valence-corrected chi connectivity index (χ4v) is 3.64.